The van der Waals surface area contributed by atoms with Crippen molar-refractivity contribution < 1.29 is 10.1 Å². The van der Waals surface area contributed by atoms with Crippen LogP contribution in [0.5, 0.6) is 0 Å². The fourth-order valence-corrected chi connectivity index (χ4v) is 1.31. The zero-order valence-electron chi connectivity index (χ0n) is 7.45. The predicted molar refractivity (Wildman–Crippen MR) is 47.9 cm³/mol. The van der Waals surface area contributed by atoms with Crippen molar-refractivity contribution in [1.29, 1.82) is 0 Å². The second kappa shape index (κ2) is 4.24. The van der Waals surface area contributed by atoms with Crippen LogP contribution in [-0.2, 0) is 11.3 Å². The van der Waals surface area contributed by atoms with Gasteiger partial charge in [-0.3, -0.25) is 5.26 Å². The van der Waals surface area contributed by atoms with Gasteiger partial charge in [0.15, 0.2) is 0 Å². The monoisotopic (exact) mass is 166 g/mol. The molecule has 0 saturated heterocycles. The highest BCUT2D eigenvalue weighted by molar-refractivity contribution is 5.28. The van der Waals surface area contributed by atoms with E-state index in [1.165, 1.54) is 5.56 Å². The molecule has 12 heavy (non-hydrogen) atoms. The molecule has 1 unspecified atom stereocenters. The Morgan fingerprint density at radius 1 is 1.42 bits per heavy atom. The third-order valence-electron chi connectivity index (χ3n) is 2.03. The van der Waals surface area contributed by atoms with Crippen molar-refractivity contribution in [3.8, 4) is 0 Å². The quantitative estimate of drug-likeness (QED) is 0.552. The molecule has 1 atom stereocenters. The molecule has 1 aromatic carbocycles. The van der Waals surface area contributed by atoms with Gasteiger partial charge in [0.2, 0.25) is 0 Å². The maximum absolute atomic E-state index is 8.51. The smallest absolute Gasteiger partial charge is 0.115 e. The fraction of sp³-hybridized carbons (Fsp3) is 0.400. The van der Waals surface area contributed by atoms with E-state index in [0.717, 1.165) is 12.0 Å². The van der Waals surface area contributed by atoms with Crippen molar-refractivity contribution in [2.75, 3.05) is 0 Å². The van der Waals surface area contributed by atoms with Crippen LogP contribution in [0.25, 0.3) is 0 Å². The van der Waals surface area contributed by atoms with E-state index >= 15 is 0 Å². The Bertz CT molecular complexity index is 245. The molecule has 1 N–H and O–H groups in total. The first-order valence-corrected chi connectivity index (χ1v) is 4.17. The fourth-order valence-electron chi connectivity index (χ4n) is 1.31. The summed E-state index contributed by atoms with van der Waals surface area (Å²) in [5, 5.41) is 8.51. The summed E-state index contributed by atoms with van der Waals surface area (Å²) in [5.41, 5.74) is 2.28. The first-order valence-electron chi connectivity index (χ1n) is 4.17. The van der Waals surface area contributed by atoms with Gasteiger partial charge in [-0.05, 0) is 24.5 Å². The molecule has 0 aliphatic carbocycles. The average Bonchev–Trinajstić information content (AvgIpc) is 2.16. The number of hydrogen-bond acceptors (Lipinski definition) is 2. The van der Waals surface area contributed by atoms with Crippen molar-refractivity contribution in [1.82, 2.24) is 0 Å². The van der Waals surface area contributed by atoms with E-state index in [2.05, 4.69) is 11.8 Å². The summed E-state index contributed by atoms with van der Waals surface area (Å²) in [6, 6.07) is 7.96. The van der Waals surface area contributed by atoms with Gasteiger partial charge in [0.05, 0.1) is 0 Å². The molecule has 0 fully saturated rings. The molecule has 0 aromatic heterocycles. The Balaban J connectivity index is 2.96. The van der Waals surface area contributed by atoms with Crippen molar-refractivity contribution in [3.05, 3.63) is 35.4 Å². The van der Waals surface area contributed by atoms with Gasteiger partial charge in [-0.25, -0.2) is 4.89 Å². The standard InChI is InChI=1S/C10H14O2/c1-3-9-6-4-5-7-10(9)8(2)12-11/h4-8,11H,3H2,1-2H3. The van der Waals surface area contributed by atoms with Crippen LogP contribution < -0.4 is 0 Å². The largest absolute Gasteiger partial charge is 0.251 e. The Hall–Kier alpha value is -0.860. The molecule has 0 aliphatic heterocycles. The molecule has 0 radical (unpaired) electrons. The lowest BCUT2D eigenvalue weighted by Gasteiger charge is -2.11. The van der Waals surface area contributed by atoms with Crippen LogP contribution in [0.15, 0.2) is 24.3 Å². The summed E-state index contributed by atoms with van der Waals surface area (Å²) in [4.78, 5) is 4.28. The highest BCUT2D eigenvalue weighted by Gasteiger charge is 2.08. The van der Waals surface area contributed by atoms with Crippen LogP contribution in [-0.4, -0.2) is 5.26 Å². The third-order valence-corrected chi connectivity index (χ3v) is 2.03. The summed E-state index contributed by atoms with van der Waals surface area (Å²) in [6.07, 6.45) is 0.727. The predicted octanol–water partition coefficient (Wildman–Crippen LogP) is 2.80. The van der Waals surface area contributed by atoms with Crippen LogP contribution in [0.1, 0.15) is 31.1 Å². The second-order valence-electron chi connectivity index (χ2n) is 2.80. The van der Waals surface area contributed by atoms with Crippen LogP contribution in [0.3, 0.4) is 0 Å². The van der Waals surface area contributed by atoms with Gasteiger partial charge in [-0.15, -0.1) is 0 Å². The minimum Gasteiger partial charge on any atom is -0.251 e. The molecule has 1 aromatic rings. The van der Waals surface area contributed by atoms with E-state index in [4.69, 9.17) is 5.26 Å². The maximum atomic E-state index is 8.51. The maximum Gasteiger partial charge on any atom is 0.115 e. The molecular weight excluding hydrogens is 152 g/mol. The van der Waals surface area contributed by atoms with Crippen LogP contribution in [0, 0.1) is 0 Å². The third kappa shape index (κ3) is 1.84. The lowest BCUT2D eigenvalue weighted by atomic mass is 10.0. The normalized spacial score (nSPS) is 12.9. The average molecular weight is 166 g/mol. The van der Waals surface area contributed by atoms with E-state index in [9.17, 15) is 0 Å². The molecule has 0 saturated carbocycles. The molecule has 0 heterocycles. The summed E-state index contributed by atoms with van der Waals surface area (Å²) < 4.78 is 0. The first kappa shape index (κ1) is 9.23. The van der Waals surface area contributed by atoms with Gasteiger partial charge in [0.25, 0.3) is 0 Å². The van der Waals surface area contributed by atoms with E-state index in [0.29, 0.717) is 0 Å². The van der Waals surface area contributed by atoms with E-state index in [1.807, 2.05) is 31.2 Å². The summed E-state index contributed by atoms with van der Waals surface area (Å²) >= 11 is 0. The second-order valence-corrected chi connectivity index (χ2v) is 2.80. The SMILES string of the molecule is CCc1ccccc1C(C)OO. The van der Waals surface area contributed by atoms with Crippen LogP contribution in [0.2, 0.25) is 0 Å². The molecule has 2 heteroatoms. The van der Waals surface area contributed by atoms with Crippen molar-refractivity contribution in [2.45, 2.75) is 26.4 Å². The van der Waals surface area contributed by atoms with Gasteiger partial charge >= 0.3 is 0 Å². The van der Waals surface area contributed by atoms with Crippen molar-refractivity contribution >= 4 is 0 Å². The molecule has 0 bridgehead atoms. The number of benzene rings is 1. The minimum atomic E-state index is -0.235. The zero-order valence-corrected chi connectivity index (χ0v) is 7.45. The van der Waals surface area contributed by atoms with Crippen molar-refractivity contribution in [3.63, 3.8) is 0 Å². The van der Waals surface area contributed by atoms with Gasteiger partial charge in [0, 0.05) is 0 Å². The summed E-state index contributed by atoms with van der Waals surface area (Å²) in [6.45, 7) is 3.91. The highest BCUT2D eigenvalue weighted by Crippen LogP contribution is 2.20. The van der Waals surface area contributed by atoms with Crippen molar-refractivity contribution in [2.24, 2.45) is 0 Å². The van der Waals surface area contributed by atoms with Crippen LogP contribution in [0.4, 0.5) is 0 Å². The molecule has 0 spiro atoms. The molecular formula is C10H14O2. The number of hydrogen-bond donors (Lipinski definition) is 1. The molecule has 66 valence electrons. The van der Waals surface area contributed by atoms with Gasteiger partial charge < -0.3 is 0 Å². The number of rotatable bonds is 3. The van der Waals surface area contributed by atoms with Gasteiger partial charge in [-0.1, -0.05) is 31.2 Å². The number of aryl methyl sites for hydroxylation is 1. The Kier molecular flexibility index (Phi) is 3.26. The summed E-state index contributed by atoms with van der Waals surface area (Å²) in [5.74, 6) is 0. The Labute approximate surface area is 72.7 Å². The Morgan fingerprint density at radius 3 is 2.67 bits per heavy atom. The van der Waals surface area contributed by atoms with E-state index < -0.39 is 0 Å². The van der Waals surface area contributed by atoms with E-state index in [1.54, 1.807) is 0 Å². The summed E-state index contributed by atoms with van der Waals surface area (Å²) in [7, 11) is 0. The molecule has 0 amide bonds. The van der Waals surface area contributed by atoms with Gasteiger partial charge in [0.1, 0.15) is 6.10 Å². The van der Waals surface area contributed by atoms with Crippen LogP contribution >= 0.6 is 0 Å². The molecule has 0 aliphatic rings. The zero-order chi connectivity index (χ0) is 8.97. The van der Waals surface area contributed by atoms with E-state index in [-0.39, 0.29) is 6.10 Å². The first-order chi connectivity index (χ1) is 5.79. The van der Waals surface area contributed by atoms with Gasteiger partial charge in [-0.2, -0.15) is 0 Å². The lowest BCUT2D eigenvalue weighted by Crippen LogP contribution is -2.00. The molecule has 1 rings (SSSR count). The molecule has 2 nitrogen and oxygen atoms in total. The minimum absolute atomic E-state index is 0.235. The topological polar surface area (TPSA) is 29.5 Å². The lowest BCUT2D eigenvalue weighted by molar-refractivity contribution is -0.277. The Morgan fingerprint density at radius 2 is 2.08 bits per heavy atom. The highest BCUT2D eigenvalue weighted by atomic mass is 17.1.